The Morgan fingerprint density at radius 2 is 2.00 bits per heavy atom. The highest BCUT2D eigenvalue weighted by atomic mass is 35.5. The van der Waals surface area contributed by atoms with Crippen molar-refractivity contribution in [3.8, 4) is 5.69 Å². The number of para-hydroxylation sites is 1. The Balaban J connectivity index is 2.45. The van der Waals surface area contributed by atoms with Crippen molar-refractivity contribution in [2.75, 3.05) is 0 Å². The van der Waals surface area contributed by atoms with Crippen LogP contribution >= 0.6 is 22.9 Å². The fourth-order valence-corrected chi connectivity index (χ4v) is 3.50. The molecule has 0 bridgehead atoms. The van der Waals surface area contributed by atoms with Gasteiger partial charge in [0.25, 0.3) is 5.56 Å². The Hall–Kier alpha value is -1.62. The van der Waals surface area contributed by atoms with Crippen molar-refractivity contribution >= 4 is 33.0 Å². The molecule has 0 aliphatic heterocycles. The van der Waals surface area contributed by atoms with Crippen LogP contribution in [0.1, 0.15) is 18.7 Å². The highest BCUT2D eigenvalue weighted by Crippen LogP contribution is 2.29. The number of halogens is 1. The third kappa shape index (κ3) is 2.06. The Bertz CT molecular complexity index is 821. The van der Waals surface area contributed by atoms with Gasteiger partial charge in [-0.3, -0.25) is 9.36 Å². The molecule has 2 N–H and O–H groups in total. The van der Waals surface area contributed by atoms with Crippen molar-refractivity contribution in [1.29, 1.82) is 0 Å². The average molecular weight is 305 g/mol. The van der Waals surface area contributed by atoms with E-state index in [0.29, 0.717) is 10.4 Å². The molecule has 3 rings (SSSR count). The first-order chi connectivity index (χ1) is 9.59. The van der Waals surface area contributed by atoms with Crippen molar-refractivity contribution in [3.05, 3.63) is 62.8 Å². The van der Waals surface area contributed by atoms with Gasteiger partial charge in [0.15, 0.2) is 0 Å². The van der Waals surface area contributed by atoms with Crippen molar-refractivity contribution in [3.63, 3.8) is 0 Å². The molecular formula is C15H13ClN2OS. The lowest BCUT2D eigenvalue weighted by atomic mass is 10.1. The van der Waals surface area contributed by atoms with E-state index >= 15 is 0 Å². The van der Waals surface area contributed by atoms with E-state index in [2.05, 4.69) is 0 Å². The number of hydrogen-bond acceptors (Lipinski definition) is 3. The van der Waals surface area contributed by atoms with Gasteiger partial charge in [-0.05, 0) is 25.1 Å². The minimum Gasteiger partial charge on any atom is -0.323 e. The summed E-state index contributed by atoms with van der Waals surface area (Å²) in [4.78, 5) is 12.8. The topological polar surface area (TPSA) is 48.0 Å². The number of fused-ring (bicyclic) bond motifs is 1. The summed E-state index contributed by atoms with van der Waals surface area (Å²) < 4.78 is 2.52. The maximum absolute atomic E-state index is 12.8. The number of nitrogens with two attached hydrogens (primary N) is 1. The summed E-state index contributed by atoms with van der Waals surface area (Å²) in [7, 11) is 0. The zero-order valence-corrected chi connectivity index (χ0v) is 12.4. The van der Waals surface area contributed by atoms with Crippen LogP contribution in [0, 0.1) is 0 Å². The van der Waals surface area contributed by atoms with Gasteiger partial charge in [-0.1, -0.05) is 29.8 Å². The summed E-state index contributed by atoms with van der Waals surface area (Å²) in [5.41, 5.74) is 7.50. The Morgan fingerprint density at radius 3 is 2.65 bits per heavy atom. The van der Waals surface area contributed by atoms with Gasteiger partial charge in [0.05, 0.1) is 10.4 Å². The quantitative estimate of drug-likeness (QED) is 0.784. The lowest BCUT2D eigenvalue weighted by molar-refractivity contribution is 0.735. The molecule has 0 spiro atoms. The lowest BCUT2D eigenvalue weighted by Gasteiger charge is -2.16. The molecule has 0 aliphatic rings. The Morgan fingerprint density at radius 1 is 1.30 bits per heavy atom. The summed E-state index contributed by atoms with van der Waals surface area (Å²) in [6, 6.07) is 11.2. The van der Waals surface area contributed by atoms with Crippen LogP contribution in [0.4, 0.5) is 0 Å². The summed E-state index contributed by atoms with van der Waals surface area (Å²) in [6.45, 7) is 1.87. The maximum atomic E-state index is 12.8. The standard InChI is InChI=1S/C15H13ClN2OS/c1-9(17)12-7-13-14(11(16)8-20-13)15(19)18(12)10-5-3-2-4-6-10/h2-9H,17H2,1H3/t9-/m0/s1. The van der Waals surface area contributed by atoms with E-state index in [-0.39, 0.29) is 11.6 Å². The molecule has 0 saturated carbocycles. The monoisotopic (exact) mass is 304 g/mol. The van der Waals surface area contributed by atoms with Crippen molar-refractivity contribution in [1.82, 2.24) is 4.57 Å². The van der Waals surface area contributed by atoms with Crippen LogP contribution < -0.4 is 11.3 Å². The molecule has 0 radical (unpaired) electrons. The third-order valence-corrected chi connectivity index (χ3v) is 4.57. The molecule has 2 aromatic heterocycles. The number of benzene rings is 1. The SMILES string of the molecule is C[C@H](N)c1cc2scc(Cl)c2c(=O)n1-c1ccccc1. The normalized spacial score (nSPS) is 12.8. The molecule has 3 nitrogen and oxygen atoms in total. The van der Waals surface area contributed by atoms with E-state index < -0.39 is 0 Å². The summed E-state index contributed by atoms with van der Waals surface area (Å²) in [5.74, 6) is 0. The molecule has 102 valence electrons. The van der Waals surface area contributed by atoms with Gasteiger partial charge in [-0.2, -0.15) is 0 Å². The van der Waals surface area contributed by atoms with E-state index in [1.165, 1.54) is 11.3 Å². The Kier molecular flexibility index (Phi) is 3.38. The first-order valence-electron chi connectivity index (χ1n) is 6.23. The number of thiophene rings is 1. The zero-order chi connectivity index (χ0) is 14.3. The van der Waals surface area contributed by atoms with Crippen LogP contribution in [0.15, 0.2) is 46.6 Å². The number of aromatic nitrogens is 1. The second-order valence-corrected chi connectivity index (χ2v) is 5.98. The van der Waals surface area contributed by atoms with Crippen LogP contribution in [0.5, 0.6) is 0 Å². The van der Waals surface area contributed by atoms with E-state index in [9.17, 15) is 4.79 Å². The smallest absolute Gasteiger partial charge is 0.265 e. The van der Waals surface area contributed by atoms with Gasteiger partial charge >= 0.3 is 0 Å². The largest absolute Gasteiger partial charge is 0.323 e. The fourth-order valence-electron chi connectivity index (χ4n) is 2.27. The molecule has 0 saturated heterocycles. The fraction of sp³-hybridized carbons (Fsp3) is 0.133. The summed E-state index contributed by atoms with van der Waals surface area (Å²) in [6.07, 6.45) is 0. The summed E-state index contributed by atoms with van der Waals surface area (Å²) in [5, 5.41) is 2.84. The minimum absolute atomic E-state index is 0.118. The second-order valence-electron chi connectivity index (χ2n) is 4.66. The van der Waals surface area contributed by atoms with Crippen molar-refractivity contribution in [2.45, 2.75) is 13.0 Å². The van der Waals surface area contributed by atoms with Crippen molar-refractivity contribution in [2.24, 2.45) is 5.73 Å². The van der Waals surface area contributed by atoms with Crippen LogP contribution in [0.25, 0.3) is 15.8 Å². The molecule has 0 fully saturated rings. The highest BCUT2D eigenvalue weighted by Gasteiger charge is 2.16. The van der Waals surface area contributed by atoms with E-state index in [0.717, 1.165) is 16.1 Å². The van der Waals surface area contributed by atoms with Crippen LogP contribution in [-0.2, 0) is 0 Å². The molecule has 1 atom stereocenters. The number of hydrogen-bond donors (Lipinski definition) is 1. The molecule has 1 aromatic carbocycles. The minimum atomic E-state index is -0.242. The van der Waals surface area contributed by atoms with Gasteiger partial charge in [0, 0.05) is 27.5 Å². The van der Waals surface area contributed by atoms with Gasteiger partial charge in [-0.25, -0.2) is 0 Å². The van der Waals surface area contributed by atoms with Gasteiger partial charge in [0.1, 0.15) is 0 Å². The van der Waals surface area contributed by atoms with Gasteiger partial charge < -0.3 is 5.73 Å². The third-order valence-electron chi connectivity index (χ3n) is 3.21. The zero-order valence-electron chi connectivity index (χ0n) is 10.8. The molecule has 5 heteroatoms. The van der Waals surface area contributed by atoms with E-state index in [1.54, 1.807) is 9.95 Å². The Labute approximate surface area is 125 Å². The second kappa shape index (κ2) is 5.05. The average Bonchev–Trinajstić information content (AvgIpc) is 2.81. The van der Waals surface area contributed by atoms with Crippen LogP contribution in [-0.4, -0.2) is 4.57 Å². The summed E-state index contributed by atoms with van der Waals surface area (Å²) >= 11 is 7.60. The predicted molar refractivity (Wildman–Crippen MR) is 85.0 cm³/mol. The highest BCUT2D eigenvalue weighted by molar-refractivity contribution is 7.17. The first-order valence-corrected chi connectivity index (χ1v) is 7.49. The number of pyridine rings is 1. The maximum Gasteiger partial charge on any atom is 0.265 e. The molecule has 0 aliphatic carbocycles. The predicted octanol–water partition coefficient (Wildman–Crippen LogP) is 3.73. The molecular weight excluding hydrogens is 292 g/mol. The van der Waals surface area contributed by atoms with Crippen molar-refractivity contribution < 1.29 is 0 Å². The van der Waals surface area contributed by atoms with Crippen LogP contribution in [0.2, 0.25) is 5.02 Å². The number of rotatable bonds is 2. The molecule has 3 aromatic rings. The van der Waals surface area contributed by atoms with Gasteiger partial charge in [0.2, 0.25) is 0 Å². The lowest BCUT2D eigenvalue weighted by Crippen LogP contribution is -2.25. The van der Waals surface area contributed by atoms with Crippen LogP contribution in [0.3, 0.4) is 0 Å². The molecule has 20 heavy (non-hydrogen) atoms. The molecule has 2 heterocycles. The first kappa shape index (κ1) is 13.4. The molecule has 0 unspecified atom stereocenters. The number of nitrogens with zero attached hydrogens (tertiary/aromatic N) is 1. The van der Waals surface area contributed by atoms with Gasteiger partial charge in [-0.15, -0.1) is 11.3 Å². The van der Waals surface area contributed by atoms with E-state index in [1.807, 2.05) is 43.3 Å². The molecule has 0 amide bonds. The van der Waals surface area contributed by atoms with E-state index in [4.69, 9.17) is 17.3 Å².